The molecule has 0 unspecified atom stereocenters. The third-order valence-electron chi connectivity index (χ3n) is 4.35. The fraction of sp³-hybridized carbons (Fsp3) is 0.316. The van der Waals surface area contributed by atoms with Crippen molar-refractivity contribution in [2.24, 2.45) is 0 Å². The van der Waals surface area contributed by atoms with Gasteiger partial charge in [-0.05, 0) is 49.2 Å². The molecule has 2 aromatic carbocycles. The number of anilines is 1. The first-order valence-electron chi connectivity index (χ1n) is 8.86. The van der Waals surface area contributed by atoms with Gasteiger partial charge in [-0.1, -0.05) is 12.1 Å². The summed E-state index contributed by atoms with van der Waals surface area (Å²) in [6.45, 7) is 0.401. The minimum absolute atomic E-state index is 0.0657. The van der Waals surface area contributed by atoms with Crippen molar-refractivity contribution in [2.75, 3.05) is 25.0 Å². The Morgan fingerprint density at radius 3 is 2.45 bits per heavy atom. The maximum Gasteiger partial charge on any atom is 0.416 e. The van der Waals surface area contributed by atoms with Gasteiger partial charge in [0.15, 0.2) is 6.61 Å². The number of alkyl halides is 3. The molecule has 0 saturated carbocycles. The van der Waals surface area contributed by atoms with Gasteiger partial charge in [-0.25, -0.2) is 8.42 Å². The summed E-state index contributed by atoms with van der Waals surface area (Å²) < 4.78 is 69.8. The van der Waals surface area contributed by atoms with Crippen molar-refractivity contribution in [3.05, 3.63) is 54.1 Å². The highest BCUT2D eigenvalue weighted by Gasteiger charge is 2.30. The number of nitrogens with zero attached hydrogens (tertiary/aromatic N) is 1. The van der Waals surface area contributed by atoms with Crippen LogP contribution >= 0.6 is 0 Å². The lowest BCUT2D eigenvalue weighted by molar-refractivity contribution is -0.137. The third-order valence-corrected chi connectivity index (χ3v) is 6.25. The number of hydrogen-bond acceptors (Lipinski definition) is 4. The Bertz CT molecular complexity index is 987. The van der Waals surface area contributed by atoms with Gasteiger partial charge in [0.05, 0.1) is 10.5 Å². The van der Waals surface area contributed by atoms with Crippen LogP contribution in [-0.2, 0) is 21.0 Å². The van der Waals surface area contributed by atoms with Crippen LogP contribution in [0.15, 0.2) is 53.4 Å². The molecule has 1 N–H and O–H groups in total. The molecular formula is C19H19F3N2O4S. The number of sulfonamides is 1. The maximum atomic E-state index is 12.7. The molecule has 0 spiro atoms. The number of hydrogen-bond donors (Lipinski definition) is 1. The molecule has 0 bridgehead atoms. The molecule has 156 valence electrons. The lowest BCUT2D eigenvalue weighted by Crippen LogP contribution is -2.28. The van der Waals surface area contributed by atoms with E-state index in [9.17, 15) is 26.4 Å². The molecule has 1 amide bonds. The van der Waals surface area contributed by atoms with Crippen LogP contribution in [0.5, 0.6) is 5.75 Å². The minimum Gasteiger partial charge on any atom is -0.484 e. The van der Waals surface area contributed by atoms with Crippen molar-refractivity contribution < 1.29 is 31.1 Å². The molecular weight excluding hydrogens is 409 g/mol. The fourth-order valence-electron chi connectivity index (χ4n) is 2.92. The second kappa shape index (κ2) is 8.42. The SMILES string of the molecule is O=C(COc1cccc(C(F)(F)F)c1)Nc1cccc(S(=O)(=O)N2CCCC2)c1. The number of benzene rings is 2. The standard InChI is InChI=1S/C19H19F3N2O4S/c20-19(21,22)14-5-3-7-16(11-14)28-13-18(25)23-15-6-4-8-17(12-15)29(26,27)24-9-1-2-10-24/h3-8,11-12H,1-2,9-10,13H2,(H,23,25). The van der Waals surface area contributed by atoms with E-state index in [1.54, 1.807) is 0 Å². The van der Waals surface area contributed by atoms with Crippen LogP contribution in [0, 0.1) is 0 Å². The Balaban J connectivity index is 1.63. The quantitative estimate of drug-likeness (QED) is 0.764. The zero-order valence-electron chi connectivity index (χ0n) is 15.3. The average molecular weight is 428 g/mol. The smallest absolute Gasteiger partial charge is 0.416 e. The van der Waals surface area contributed by atoms with Gasteiger partial charge in [0.25, 0.3) is 5.91 Å². The predicted octanol–water partition coefficient (Wildman–Crippen LogP) is 3.51. The van der Waals surface area contributed by atoms with E-state index in [1.807, 2.05) is 0 Å². The number of nitrogens with one attached hydrogen (secondary N) is 1. The Morgan fingerprint density at radius 2 is 1.76 bits per heavy atom. The van der Waals surface area contributed by atoms with E-state index in [2.05, 4.69) is 5.32 Å². The van der Waals surface area contributed by atoms with E-state index in [0.29, 0.717) is 13.1 Å². The van der Waals surface area contributed by atoms with Crippen LogP contribution in [0.1, 0.15) is 18.4 Å². The molecule has 0 aromatic heterocycles. The topological polar surface area (TPSA) is 75.7 Å². The number of carbonyl (C=O) groups excluding carboxylic acids is 1. The summed E-state index contributed by atoms with van der Waals surface area (Å²) in [7, 11) is -3.63. The monoisotopic (exact) mass is 428 g/mol. The summed E-state index contributed by atoms with van der Waals surface area (Å²) in [4.78, 5) is 12.1. The highest BCUT2D eigenvalue weighted by atomic mass is 32.2. The highest BCUT2D eigenvalue weighted by molar-refractivity contribution is 7.89. The average Bonchev–Trinajstić information content (AvgIpc) is 3.22. The van der Waals surface area contributed by atoms with E-state index in [1.165, 1.54) is 40.7 Å². The number of ether oxygens (including phenoxy) is 1. The lowest BCUT2D eigenvalue weighted by Gasteiger charge is -2.16. The Kier molecular flexibility index (Phi) is 6.13. The number of halogens is 3. The molecule has 0 atom stereocenters. The first-order chi connectivity index (χ1) is 13.7. The molecule has 6 nitrogen and oxygen atoms in total. The molecule has 1 aliphatic rings. The fourth-order valence-corrected chi connectivity index (χ4v) is 4.48. The molecule has 29 heavy (non-hydrogen) atoms. The van der Waals surface area contributed by atoms with Gasteiger partial charge in [0.2, 0.25) is 10.0 Å². The van der Waals surface area contributed by atoms with Gasteiger partial charge < -0.3 is 10.1 Å². The van der Waals surface area contributed by atoms with Gasteiger partial charge in [0, 0.05) is 18.8 Å². The zero-order chi connectivity index (χ0) is 21.1. The van der Waals surface area contributed by atoms with Crippen LogP contribution in [0.3, 0.4) is 0 Å². The third kappa shape index (κ3) is 5.27. The van der Waals surface area contributed by atoms with Gasteiger partial charge in [-0.3, -0.25) is 4.79 Å². The van der Waals surface area contributed by atoms with Crippen molar-refractivity contribution in [2.45, 2.75) is 23.9 Å². The molecule has 2 aromatic rings. The summed E-state index contributed by atoms with van der Waals surface area (Å²) >= 11 is 0. The van der Waals surface area contributed by atoms with Crippen LogP contribution in [0.25, 0.3) is 0 Å². The Morgan fingerprint density at radius 1 is 1.07 bits per heavy atom. The number of carbonyl (C=O) groups is 1. The summed E-state index contributed by atoms with van der Waals surface area (Å²) in [5.41, 5.74) is -0.627. The van der Waals surface area contributed by atoms with E-state index in [4.69, 9.17) is 4.74 Å². The van der Waals surface area contributed by atoms with E-state index in [0.717, 1.165) is 25.0 Å². The zero-order valence-corrected chi connectivity index (χ0v) is 16.1. The second-order valence-corrected chi connectivity index (χ2v) is 8.44. The Labute approximate surface area is 166 Å². The summed E-state index contributed by atoms with van der Waals surface area (Å²) in [5, 5.41) is 2.49. The molecule has 10 heteroatoms. The summed E-state index contributed by atoms with van der Waals surface area (Å²) in [6, 6.07) is 10.0. The van der Waals surface area contributed by atoms with Crippen LogP contribution in [0.2, 0.25) is 0 Å². The van der Waals surface area contributed by atoms with Crippen molar-refractivity contribution >= 4 is 21.6 Å². The lowest BCUT2D eigenvalue weighted by atomic mass is 10.2. The summed E-state index contributed by atoms with van der Waals surface area (Å²) in [5.74, 6) is -0.724. The number of amides is 1. The minimum atomic E-state index is -4.51. The normalized spacial score (nSPS) is 15.3. The van der Waals surface area contributed by atoms with Crippen LogP contribution < -0.4 is 10.1 Å². The van der Waals surface area contributed by atoms with Gasteiger partial charge >= 0.3 is 6.18 Å². The number of rotatable bonds is 6. The largest absolute Gasteiger partial charge is 0.484 e. The van der Waals surface area contributed by atoms with Crippen LogP contribution in [0.4, 0.5) is 18.9 Å². The first-order valence-corrected chi connectivity index (χ1v) is 10.3. The van der Waals surface area contributed by atoms with Crippen molar-refractivity contribution in [3.63, 3.8) is 0 Å². The predicted molar refractivity (Wildman–Crippen MR) is 100 cm³/mol. The van der Waals surface area contributed by atoms with Crippen LogP contribution in [-0.4, -0.2) is 38.3 Å². The van der Waals surface area contributed by atoms with Crippen molar-refractivity contribution in [1.29, 1.82) is 0 Å². The van der Waals surface area contributed by atoms with Gasteiger partial charge in [0.1, 0.15) is 5.75 Å². The van der Waals surface area contributed by atoms with Gasteiger partial charge in [-0.2, -0.15) is 17.5 Å². The second-order valence-electron chi connectivity index (χ2n) is 6.50. The van der Waals surface area contributed by atoms with Gasteiger partial charge in [-0.15, -0.1) is 0 Å². The molecule has 3 rings (SSSR count). The first kappa shape index (κ1) is 21.1. The molecule has 0 radical (unpaired) electrons. The van der Waals surface area contributed by atoms with Crippen molar-refractivity contribution in [1.82, 2.24) is 4.31 Å². The van der Waals surface area contributed by atoms with Crippen molar-refractivity contribution in [3.8, 4) is 5.75 Å². The Hall–Kier alpha value is -2.59. The molecule has 1 fully saturated rings. The van der Waals surface area contributed by atoms with E-state index in [-0.39, 0.29) is 16.3 Å². The highest BCUT2D eigenvalue weighted by Crippen LogP contribution is 2.31. The molecule has 1 heterocycles. The maximum absolute atomic E-state index is 12.7. The van der Waals surface area contributed by atoms with E-state index < -0.39 is 34.3 Å². The van der Waals surface area contributed by atoms with E-state index >= 15 is 0 Å². The summed E-state index contributed by atoms with van der Waals surface area (Å²) in [6.07, 6.45) is -2.89. The molecule has 1 saturated heterocycles. The molecule has 1 aliphatic heterocycles. The molecule has 0 aliphatic carbocycles.